The molecule has 0 atom stereocenters. The number of sulfonamides is 1. The second kappa shape index (κ2) is 5.27. The average Bonchev–Trinajstić information content (AvgIpc) is 2.17. The summed E-state index contributed by atoms with van der Waals surface area (Å²) in [7, 11) is -3.63. The van der Waals surface area contributed by atoms with E-state index in [2.05, 4.69) is 0 Å². The number of aliphatic carboxylic acids is 1. The van der Waals surface area contributed by atoms with Gasteiger partial charge in [0.15, 0.2) is 0 Å². The van der Waals surface area contributed by atoms with Gasteiger partial charge in [-0.05, 0) is 20.8 Å². The number of hydrogen-bond donors (Lipinski definition) is 1. The molecule has 0 amide bonds. The molecule has 0 saturated heterocycles. The van der Waals surface area contributed by atoms with Gasteiger partial charge in [0.2, 0.25) is 10.0 Å². The smallest absolute Gasteiger partial charge is 0.324 e. The number of hydrogen-bond acceptors (Lipinski definition) is 4. The van der Waals surface area contributed by atoms with Crippen LogP contribution in [-0.2, 0) is 14.8 Å². The van der Waals surface area contributed by atoms with E-state index in [0.717, 1.165) is 4.31 Å². The highest BCUT2D eigenvalue weighted by Gasteiger charge is 2.40. The predicted molar refractivity (Wildman–Crippen MR) is 58.1 cm³/mol. The van der Waals surface area contributed by atoms with Gasteiger partial charge in [-0.25, -0.2) is 8.42 Å². The lowest BCUT2D eigenvalue weighted by atomic mass is 10.1. The van der Waals surface area contributed by atoms with E-state index in [1.54, 1.807) is 6.07 Å². The van der Waals surface area contributed by atoms with E-state index in [-0.39, 0.29) is 18.7 Å². The monoisotopic (exact) mass is 248 g/mol. The van der Waals surface area contributed by atoms with Crippen molar-refractivity contribution < 1.29 is 18.3 Å². The summed E-state index contributed by atoms with van der Waals surface area (Å²) in [5, 5.41) is 17.4. The van der Waals surface area contributed by atoms with Crippen molar-refractivity contribution in [3.8, 4) is 6.07 Å². The third kappa shape index (κ3) is 3.18. The Hall–Kier alpha value is -1.13. The summed E-state index contributed by atoms with van der Waals surface area (Å²) < 4.78 is 24.3. The van der Waals surface area contributed by atoms with Gasteiger partial charge in [0.05, 0.1) is 11.8 Å². The zero-order valence-corrected chi connectivity index (χ0v) is 10.4. The minimum atomic E-state index is -3.63. The quantitative estimate of drug-likeness (QED) is 0.734. The Morgan fingerprint density at radius 3 is 2.31 bits per heavy atom. The van der Waals surface area contributed by atoms with Crippen molar-refractivity contribution in [3.05, 3.63) is 0 Å². The summed E-state index contributed by atoms with van der Waals surface area (Å²) in [5.74, 6) is -1.42. The van der Waals surface area contributed by atoms with Gasteiger partial charge in [-0.3, -0.25) is 4.79 Å². The zero-order chi connectivity index (χ0) is 13.0. The minimum absolute atomic E-state index is 0.0318. The van der Waals surface area contributed by atoms with E-state index >= 15 is 0 Å². The molecule has 0 unspecified atom stereocenters. The molecule has 7 heteroatoms. The molecule has 0 aliphatic heterocycles. The summed E-state index contributed by atoms with van der Waals surface area (Å²) >= 11 is 0. The van der Waals surface area contributed by atoms with Gasteiger partial charge in [0, 0.05) is 13.0 Å². The van der Waals surface area contributed by atoms with Crippen molar-refractivity contribution in [2.24, 2.45) is 0 Å². The molecular weight excluding hydrogens is 232 g/mol. The van der Waals surface area contributed by atoms with Gasteiger partial charge in [0.25, 0.3) is 0 Å². The van der Waals surface area contributed by atoms with E-state index in [4.69, 9.17) is 10.4 Å². The number of carbonyl (C=O) groups is 1. The minimum Gasteiger partial charge on any atom is -0.480 e. The molecule has 92 valence electrons. The first-order chi connectivity index (χ1) is 7.20. The molecule has 1 N–H and O–H groups in total. The second-order valence-electron chi connectivity index (χ2n) is 3.74. The number of rotatable bonds is 6. The Morgan fingerprint density at radius 2 is 2.00 bits per heavy atom. The highest BCUT2D eigenvalue weighted by molar-refractivity contribution is 7.89. The molecule has 0 aliphatic rings. The molecule has 0 saturated carbocycles. The summed E-state index contributed by atoms with van der Waals surface area (Å²) in [4.78, 5) is 11.0. The fraction of sp³-hybridized carbons (Fsp3) is 0.778. The first kappa shape index (κ1) is 14.9. The SMILES string of the molecule is CCS(=O)(=O)N(CCC#N)C(C)(C)C(=O)O. The molecule has 16 heavy (non-hydrogen) atoms. The van der Waals surface area contributed by atoms with Crippen LogP contribution >= 0.6 is 0 Å². The molecule has 0 rings (SSSR count). The molecule has 6 nitrogen and oxygen atoms in total. The number of carboxylic acid groups (broad SMARTS) is 1. The molecule has 0 heterocycles. The Balaban J connectivity index is 5.27. The van der Waals surface area contributed by atoms with Crippen LogP contribution in [0.4, 0.5) is 0 Å². The van der Waals surface area contributed by atoms with Crippen LogP contribution in [-0.4, -0.2) is 41.6 Å². The fourth-order valence-corrected chi connectivity index (χ4v) is 2.64. The van der Waals surface area contributed by atoms with E-state index < -0.39 is 21.5 Å². The topological polar surface area (TPSA) is 98.5 Å². The van der Waals surface area contributed by atoms with E-state index in [0.29, 0.717) is 0 Å². The molecule has 0 aromatic rings. The number of nitrogens with zero attached hydrogens (tertiary/aromatic N) is 2. The molecule has 0 aliphatic carbocycles. The summed E-state index contributed by atoms with van der Waals surface area (Å²) in [6.45, 7) is 3.94. The maximum absolute atomic E-state index is 11.7. The molecular formula is C9H16N2O4S. The van der Waals surface area contributed by atoms with Gasteiger partial charge in [-0.15, -0.1) is 0 Å². The van der Waals surface area contributed by atoms with E-state index in [1.807, 2.05) is 0 Å². The molecule has 0 fully saturated rings. The largest absolute Gasteiger partial charge is 0.480 e. The fourth-order valence-electron chi connectivity index (χ4n) is 1.18. The molecule has 0 bridgehead atoms. The summed E-state index contributed by atoms with van der Waals surface area (Å²) in [6, 6.07) is 1.81. The van der Waals surface area contributed by atoms with Gasteiger partial charge >= 0.3 is 5.97 Å². The Bertz CT molecular complexity index is 394. The zero-order valence-electron chi connectivity index (χ0n) is 9.60. The Kier molecular flexibility index (Phi) is 4.90. The van der Waals surface area contributed by atoms with Gasteiger partial charge in [-0.1, -0.05) is 0 Å². The lowest BCUT2D eigenvalue weighted by Gasteiger charge is -2.33. The number of carboxylic acids is 1. The van der Waals surface area contributed by atoms with Crippen molar-refractivity contribution in [2.75, 3.05) is 12.3 Å². The second-order valence-corrected chi connectivity index (χ2v) is 5.93. The maximum Gasteiger partial charge on any atom is 0.324 e. The van der Waals surface area contributed by atoms with Crippen LogP contribution in [0.5, 0.6) is 0 Å². The van der Waals surface area contributed by atoms with Crippen molar-refractivity contribution >= 4 is 16.0 Å². The highest BCUT2D eigenvalue weighted by atomic mass is 32.2. The Morgan fingerprint density at radius 1 is 1.50 bits per heavy atom. The van der Waals surface area contributed by atoms with Crippen LogP contribution in [0, 0.1) is 11.3 Å². The van der Waals surface area contributed by atoms with Crippen LogP contribution < -0.4 is 0 Å². The van der Waals surface area contributed by atoms with Gasteiger partial charge in [-0.2, -0.15) is 9.57 Å². The molecule has 0 aromatic heterocycles. The lowest BCUT2D eigenvalue weighted by molar-refractivity contribution is -0.146. The van der Waals surface area contributed by atoms with Crippen molar-refractivity contribution in [1.29, 1.82) is 5.26 Å². The van der Waals surface area contributed by atoms with Gasteiger partial charge in [0.1, 0.15) is 5.54 Å². The summed E-state index contributed by atoms with van der Waals surface area (Å²) in [5.41, 5.74) is -1.54. The first-order valence-corrected chi connectivity index (χ1v) is 6.42. The first-order valence-electron chi connectivity index (χ1n) is 4.81. The number of nitriles is 1. The van der Waals surface area contributed by atoms with Crippen molar-refractivity contribution in [1.82, 2.24) is 4.31 Å². The third-order valence-corrected chi connectivity index (χ3v) is 4.31. The van der Waals surface area contributed by atoms with Crippen LogP contribution in [0.2, 0.25) is 0 Å². The van der Waals surface area contributed by atoms with Crippen molar-refractivity contribution in [2.45, 2.75) is 32.7 Å². The lowest BCUT2D eigenvalue weighted by Crippen LogP contribution is -2.53. The Labute approximate surface area is 95.5 Å². The summed E-state index contributed by atoms with van der Waals surface area (Å²) in [6.07, 6.45) is -0.0318. The molecule has 0 aromatic carbocycles. The van der Waals surface area contributed by atoms with Crippen LogP contribution in [0.15, 0.2) is 0 Å². The molecule has 0 spiro atoms. The highest BCUT2D eigenvalue weighted by Crippen LogP contribution is 2.20. The van der Waals surface area contributed by atoms with E-state index in [1.165, 1.54) is 20.8 Å². The predicted octanol–water partition coefficient (Wildman–Crippen LogP) is 0.415. The molecule has 0 radical (unpaired) electrons. The van der Waals surface area contributed by atoms with E-state index in [9.17, 15) is 13.2 Å². The van der Waals surface area contributed by atoms with Crippen LogP contribution in [0.3, 0.4) is 0 Å². The maximum atomic E-state index is 11.7. The standard InChI is InChI=1S/C9H16N2O4S/c1-4-16(14,15)11(7-5-6-10)9(2,3)8(12)13/h4-5,7H2,1-3H3,(H,12,13). The van der Waals surface area contributed by atoms with Crippen molar-refractivity contribution in [3.63, 3.8) is 0 Å². The third-order valence-electron chi connectivity index (χ3n) is 2.27. The van der Waals surface area contributed by atoms with Crippen LogP contribution in [0.1, 0.15) is 27.2 Å². The van der Waals surface area contributed by atoms with Crippen LogP contribution in [0.25, 0.3) is 0 Å². The van der Waals surface area contributed by atoms with Gasteiger partial charge < -0.3 is 5.11 Å². The normalized spacial score (nSPS) is 12.4. The average molecular weight is 248 g/mol.